The molecule has 0 aliphatic carbocycles. The molecular formula is C6H4FN2O. The molecule has 1 aromatic rings. The van der Waals surface area contributed by atoms with Crippen molar-refractivity contribution in [2.75, 3.05) is 0 Å². The van der Waals surface area contributed by atoms with Gasteiger partial charge in [0.1, 0.15) is 6.20 Å². The predicted octanol–water partition coefficient (Wildman–Crippen LogP) is 0.120. The van der Waals surface area contributed by atoms with Gasteiger partial charge in [0.2, 0.25) is 0 Å². The van der Waals surface area contributed by atoms with Crippen LogP contribution in [-0.2, 0) is 0 Å². The minimum atomic E-state index is -0.810. The lowest BCUT2D eigenvalue weighted by molar-refractivity contribution is 0.0996. The fourth-order valence-corrected chi connectivity index (χ4v) is 0.529. The standard InChI is InChI=1S/C6H4FN2O/c7-5-3-9-2-1-4(5)6(8)10/h1-2H,(H2,8,10). The molecule has 0 atom stereocenters. The van der Waals surface area contributed by atoms with Crippen molar-refractivity contribution in [1.82, 2.24) is 4.98 Å². The van der Waals surface area contributed by atoms with Crippen LogP contribution in [0.3, 0.4) is 0 Å². The third-order valence-electron chi connectivity index (χ3n) is 0.980. The van der Waals surface area contributed by atoms with Gasteiger partial charge in [-0.15, -0.1) is 0 Å². The molecule has 0 fully saturated rings. The molecule has 1 rings (SSSR count). The zero-order valence-electron chi connectivity index (χ0n) is 4.97. The summed E-state index contributed by atoms with van der Waals surface area (Å²) in [6.45, 7) is 0. The number of aromatic nitrogens is 1. The van der Waals surface area contributed by atoms with Gasteiger partial charge in [-0.1, -0.05) is 0 Å². The molecule has 0 saturated carbocycles. The number of carbonyl (C=O) groups excluding carboxylic acids is 1. The van der Waals surface area contributed by atoms with Crippen molar-refractivity contribution < 1.29 is 9.18 Å². The van der Waals surface area contributed by atoms with Crippen LogP contribution >= 0.6 is 0 Å². The molecule has 3 nitrogen and oxygen atoms in total. The molecule has 0 aromatic carbocycles. The van der Waals surface area contributed by atoms with E-state index in [2.05, 4.69) is 4.98 Å². The van der Waals surface area contributed by atoms with E-state index in [-0.39, 0.29) is 5.56 Å². The van der Waals surface area contributed by atoms with Gasteiger partial charge in [-0.05, 0) is 6.07 Å². The van der Waals surface area contributed by atoms with Crippen molar-refractivity contribution in [2.45, 2.75) is 0 Å². The summed E-state index contributed by atoms with van der Waals surface area (Å²) in [7, 11) is 0. The highest BCUT2D eigenvalue weighted by molar-refractivity contribution is 5.92. The Labute approximate surface area is 56.7 Å². The zero-order chi connectivity index (χ0) is 7.56. The Morgan fingerprint density at radius 1 is 1.80 bits per heavy atom. The van der Waals surface area contributed by atoms with Crippen LogP contribution in [0.15, 0.2) is 12.3 Å². The number of nitrogens with zero attached hydrogens (tertiary/aromatic N) is 1. The van der Waals surface area contributed by atoms with E-state index in [0.717, 1.165) is 0 Å². The number of halogens is 1. The molecule has 10 heavy (non-hydrogen) atoms. The summed E-state index contributed by atoms with van der Waals surface area (Å²) in [5.41, 5.74) is 4.60. The zero-order valence-corrected chi connectivity index (χ0v) is 4.97. The fourth-order valence-electron chi connectivity index (χ4n) is 0.529. The second kappa shape index (κ2) is 2.43. The Bertz CT molecular complexity index is 262. The molecule has 0 spiro atoms. The van der Waals surface area contributed by atoms with Crippen LogP contribution in [0.5, 0.6) is 0 Å². The van der Waals surface area contributed by atoms with E-state index >= 15 is 0 Å². The van der Waals surface area contributed by atoms with Gasteiger partial charge in [0.05, 0.1) is 5.56 Å². The van der Waals surface area contributed by atoms with Crippen LogP contribution in [0.4, 0.5) is 4.39 Å². The van der Waals surface area contributed by atoms with Crippen molar-refractivity contribution in [3.63, 3.8) is 0 Å². The van der Waals surface area contributed by atoms with Crippen LogP contribution in [0.1, 0.15) is 10.4 Å². The summed E-state index contributed by atoms with van der Waals surface area (Å²) in [6.07, 6.45) is 3.22. The normalized spacial score (nSPS) is 9.30. The lowest BCUT2D eigenvalue weighted by atomic mass is 10.2. The summed E-state index contributed by atoms with van der Waals surface area (Å²) < 4.78 is 12.4. The molecule has 1 heterocycles. The lowest BCUT2D eigenvalue weighted by Gasteiger charge is -1.92. The number of pyridine rings is 1. The van der Waals surface area contributed by atoms with Gasteiger partial charge in [0.25, 0.3) is 5.91 Å². The molecule has 1 aromatic heterocycles. The Morgan fingerprint density at radius 3 is 2.90 bits per heavy atom. The van der Waals surface area contributed by atoms with E-state index in [4.69, 9.17) is 5.73 Å². The van der Waals surface area contributed by atoms with Crippen LogP contribution in [0, 0.1) is 12.0 Å². The molecule has 2 N–H and O–H groups in total. The predicted molar refractivity (Wildman–Crippen MR) is 31.5 cm³/mol. The molecule has 0 saturated heterocycles. The number of hydrogen-bond acceptors (Lipinski definition) is 2. The minimum absolute atomic E-state index is 0.185. The summed E-state index contributed by atoms with van der Waals surface area (Å²) in [4.78, 5) is 13.7. The van der Waals surface area contributed by atoms with E-state index in [1.165, 1.54) is 12.3 Å². The highest BCUT2D eigenvalue weighted by Crippen LogP contribution is 2.00. The number of primary amides is 1. The van der Waals surface area contributed by atoms with Gasteiger partial charge < -0.3 is 5.73 Å². The van der Waals surface area contributed by atoms with Crippen molar-refractivity contribution >= 4 is 5.91 Å². The van der Waals surface area contributed by atoms with Crippen LogP contribution in [0.25, 0.3) is 0 Å². The smallest absolute Gasteiger partial charge is 0.251 e. The van der Waals surface area contributed by atoms with Gasteiger partial charge in [-0.2, -0.15) is 0 Å². The number of nitrogens with two attached hydrogens (primary N) is 1. The van der Waals surface area contributed by atoms with Crippen LogP contribution < -0.4 is 5.73 Å². The molecule has 4 heteroatoms. The van der Waals surface area contributed by atoms with E-state index < -0.39 is 11.7 Å². The average molecular weight is 139 g/mol. The summed E-state index contributed by atoms with van der Waals surface area (Å²) in [5, 5.41) is 0. The Kier molecular flexibility index (Phi) is 1.62. The third-order valence-corrected chi connectivity index (χ3v) is 0.980. The largest absolute Gasteiger partial charge is 0.366 e. The lowest BCUT2D eigenvalue weighted by Crippen LogP contribution is -2.13. The summed E-state index contributed by atoms with van der Waals surface area (Å²) in [5.74, 6) is -1.62. The van der Waals surface area contributed by atoms with Crippen molar-refractivity contribution in [2.24, 2.45) is 5.73 Å². The fraction of sp³-hybridized carbons (Fsp3) is 0. The molecular weight excluding hydrogens is 135 g/mol. The first-order valence-corrected chi connectivity index (χ1v) is 2.54. The minimum Gasteiger partial charge on any atom is -0.366 e. The van der Waals surface area contributed by atoms with Gasteiger partial charge in [-0.25, -0.2) is 4.39 Å². The molecule has 1 radical (unpaired) electrons. The number of carbonyl (C=O) groups is 1. The van der Waals surface area contributed by atoms with Gasteiger partial charge >= 0.3 is 0 Å². The highest BCUT2D eigenvalue weighted by atomic mass is 19.1. The van der Waals surface area contributed by atoms with E-state index in [9.17, 15) is 9.18 Å². The molecule has 1 amide bonds. The third kappa shape index (κ3) is 1.10. The topological polar surface area (TPSA) is 56.0 Å². The molecule has 0 aliphatic rings. The van der Waals surface area contributed by atoms with Gasteiger partial charge in [-0.3, -0.25) is 9.78 Å². The molecule has 51 valence electrons. The second-order valence-electron chi connectivity index (χ2n) is 1.65. The van der Waals surface area contributed by atoms with Crippen molar-refractivity contribution in [3.05, 3.63) is 29.8 Å². The molecule has 0 bridgehead atoms. The number of amides is 1. The number of hydrogen-bond donors (Lipinski definition) is 1. The maximum atomic E-state index is 12.4. The van der Waals surface area contributed by atoms with Gasteiger partial charge in [0, 0.05) is 6.20 Å². The molecule has 0 aliphatic heterocycles. The van der Waals surface area contributed by atoms with Gasteiger partial charge in [0.15, 0.2) is 5.82 Å². The average Bonchev–Trinajstić information content (AvgIpc) is 1.88. The van der Waals surface area contributed by atoms with Crippen molar-refractivity contribution in [1.29, 1.82) is 0 Å². The first-order valence-electron chi connectivity index (χ1n) is 2.54. The van der Waals surface area contributed by atoms with E-state index in [1.807, 2.05) is 6.20 Å². The monoisotopic (exact) mass is 139 g/mol. The Hall–Kier alpha value is -1.45. The van der Waals surface area contributed by atoms with Crippen LogP contribution in [-0.4, -0.2) is 10.9 Å². The highest BCUT2D eigenvalue weighted by Gasteiger charge is 2.05. The number of rotatable bonds is 1. The maximum Gasteiger partial charge on any atom is 0.251 e. The van der Waals surface area contributed by atoms with Crippen LogP contribution in [0.2, 0.25) is 0 Å². The summed E-state index contributed by atoms with van der Waals surface area (Å²) >= 11 is 0. The Balaban J connectivity index is 3.15. The first kappa shape index (κ1) is 6.67. The molecule has 0 unspecified atom stereocenters. The van der Waals surface area contributed by atoms with E-state index in [0.29, 0.717) is 0 Å². The second-order valence-corrected chi connectivity index (χ2v) is 1.65. The first-order chi connectivity index (χ1) is 4.72. The quantitative estimate of drug-likeness (QED) is 0.600. The summed E-state index contributed by atoms with van der Waals surface area (Å²) in [6, 6.07) is 1.20. The Morgan fingerprint density at radius 2 is 2.50 bits per heavy atom. The van der Waals surface area contributed by atoms with Crippen molar-refractivity contribution in [3.8, 4) is 0 Å². The van der Waals surface area contributed by atoms with E-state index in [1.54, 1.807) is 0 Å². The SMILES string of the molecule is NC(=O)c1ccn[c]c1F. The maximum absolute atomic E-state index is 12.4.